The highest BCUT2D eigenvalue weighted by molar-refractivity contribution is 5.79. The van der Waals surface area contributed by atoms with E-state index < -0.39 is 0 Å². The molecule has 4 heteroatoms. The Hall–Kier alpha value is -2.46. The fraction of sp³-hybridized carbons (Fsp3) is 0.176. The van der Waals surface area contributed by atoms with Crippen LogP contribution in [0.1, 0.15) is 12.5 Å². The van der Waals surface area contributed by atoms with Gasteiger partial charge >= 0.3 is 0 Å². The SMILES string of the molecule is CC(N)Cc1ccc(Oc2ccc3cccnc3c2)nc1. The van der Waals surface area contributed by atoms with E-state index >= 15 is 0 Å². The molecule has 0 spiro atoms. The number of nitrogens with two attached hydrogens (primary N) is 1. The number of rotatable bonds is 4. The monoisotopic (exact) mass is 279 g/mol. The molecule has 2 N–H and O–H groups in total. The van der Waals surface area contributed by atoms with Gasteiger partial charge in [-0.25, -0.2) is 4.98 Å². The fourth-order valence-corrected chi connectivity index (χ4v) is 2.19. The number of fused-ring (bicyclic) bond motifs is 1. The minimum absolute atomic E-state index is 0.130. The quantitative estimate of drug-likeness (QED) is 0.796. The third kappa shape index (κ3) is 3.35. The lowest BCUT2D eigenvalue weighted by atomic mass is 10.1. The molecule has 1 aromatic carbocycles. The molecule has 3 aromatic rings. The Bertz CT molecular complexity index is 738. The van der Waals surface area contributed by atoms with E-state index in [-0.39, 0.29) is 6.04 Å². The molecule has 1 unspecified atom stereocenters. The first-order valence-electron chi connectivity index (χ1n) is 6.94. The van der Waals surface area contributed by atoms with Crippen molar-refractivity contribution >= 4 is 10.9 Å². The molecule has 0 aliphatic carbocycles. The lowest BCUT2D eigenvalue weighted by Gasteiger charge is -2.08. The predicted molar refractivity (Wildman–Crippen MR) is 83.4 cm³/mol. The zero-order valence-corrected chi connectivity index (χ0v) is 11.9. The van der Waals surface area contributed by atoms with Crippen LogP contribution < -0.4 is 10.5 Å². The van der Waals surface area contributed by atoms with Gasteiger partial charge in [0.15, 0.2) is 0 Å². The van der Waals surface area contributed by atoms with Gasteiger partial charge in [-0.05, 0) is 37.1 Å². The van der Waals surface area contributed by atoms with Crippen LogP contribution in [0.15, 0.2) is 54.9 Å². The van der Waals surface area contributed by atoms with E-state index in [4.69, 9.17) is 10.5 Å². The molecule has 4 nitrogen and oxygen atoms in total. The summed E-state index contributed by atoms with van der Waals surface area (Å²) in [6.45, 7) is 1.98. The van der Waals surface area contributed by atoms with Gasteiger partial charge in [0, 0.05) is 36.0 Å². The van der Waals surface area contributed by atoms with E-state index in [1.165, 1.54) is 0 Å². The average molecular weight is 279 g/mol. The van der Waals surface area contributed by atoms with Crippen LogP contribution in [-0.4, -0.2) is 16.0 Å². The number of pyridine rings is 2. The maximum atomic E-state index is 5.77. The lowest BCUT2D eigenvalue weighted by Crippen LogP contribution is -2.17. The number of ether oxygens (including phenoxy) is 1. The first-order chi connectivity index (χ1) is 10.2. The van der Waals surface area contributed by atoms with Crippen LogP contribution in [0.5, 0.6) is 11.6 Å². The van der Waals surface area contributed by atoms with E-state index in [9.17, 15) is 0 Å². The first kappa shape index (κ1) is 13.5. The minimum Gasteiger partial charge on any atom is -0.439 e. The maximum Gasteiger partial charge on any atom is 0.219 e. The molecular weight excluding hydrogens is 262 g/mol. The maximum absolute atomic E-state index is 5.77. The van der Waals surface area contributed by atoms with Crippen LogP contribution >= 0.6 is 0 Å². The predicted octanol–water partition coefficient (Wildman–Crippen LogP) is 3.31. The molecule has 3 rings (SSSR count). The lowest BCUT2D eigenvalue weighted by molar-refractivity contribution is 0.463. The van der Waals surface area contributed by atoms with Crippen LogP contribution in [0.3, 0.4) is 0 Å². The van der Waals surface area contributed by atoms with E-state index in [0.29, 0.717) is 5.88 Å². The number of benzene rings is 1. The summed E-state index contributed by atoms with van der Waals surface area (Å²) in [4.78, 5) is 8.62. The normalized spacial score (nSPS) is 12.3. The molecule has 0 aliphatic rings. The van der Waals surface area contributed by atoms with Crippen LogP contribution in [0, 0.1) is 0 Å². The summed E-state index contributed by atoms with van der Waals surface area (Å²) in [5.74, 6) is 1.30. The van der Waals surface area contributed by atoms with Crippen molar-refractivity contribution in [3.05, 3.63) is 60.4 Å². The van der Waals surface area contributed by atoms with E-state index in [2.05, 4.69) is 9.97 Å². The van der Waals surface area contributed by atoms with Crippen molar-refractivity contribution in [2.75, 3.05) is 0 Å². The van der Waals surface area contributed by atoms with Crippen LogP contribution in [0.2, 0.25) is 0 Å². The van der Waals surface area contributed by atoms with Gasteiger partial charge < -0.3 is 10.5 Å². The molecule has 0 aliphatic heterocycles. The Balaban J connectivity index is 1.78. The van der Waals surface area contributed by atoms with Crippen LogP contribution in [0.4, 0.5) is 0 Å². The van der Waals surface area contributed by atoms with Crippen molar-refractivity contribution in [1.82, 2.24) is 9.97 Å². The molecule has 2 aromatic heterocycles. The van der Waals surface area contributed by atoms with E-state index in [1.807, 2.05) is 49.4 Å². The van der Waals surface area contributed by atoms with Gasteiger partial charge in [-0.15, -0.1) is 0 Å². The molecule has 2 heterocycles. The van der Waals surface area contributed by atoms with Gasteiger partial charge in [0.05, 0.1) is 5.52 Å². The number of nitrogens with zero attached hydrogens (tertiary/aromatic N) is 2. The fourth-order valence-electron chi connectivity index (χ4n) is 2.19. The molecule has 106 valence electrons. The molecule has 0 amide bonds. The van der Waals surface area contributed by atoms with Gasteiger partial charge in [-0.1, -0.05) is 12.1 Å². The minimum atomic E-state index is 0.130. The van der Waals surface area contributed by atoms with Crippen molar-refractivity contribution in [1.29, 1.82) is 0 Å². The highest BCUT2D eigenvalue weighted by atomic mass is 16.5. The number of aromatic nitrogens is 2. The van der Waals surface area contributed by atoms with Gasteiger partial charge in [-0.3, -0.25) is 4.98 Å². The first-order valence-corrected chi connectivity index (χ1v) is 6.94. The second kappa shape index (κ2) is 5.89. The summed E-state index contributed by atoms with van der Waals surface area (Å²) >= 11 is 0. The van der Waals surface area contributed by atoms with Crippen LogP contribution in [0.25, 0.3) is 10.9 Å². The largest absolute Gasteiger partial charge is 0.439 e. The van der Waals surface area contributed by atoms with E-state index in [0.717, 1.165) is 28.6 Å². The summed E-state index contributed by atoms with van der Waals surface area (Å²) < 4.78 is 5.76. The Labute approximate surface area is 123 Å². The third-order valence-electron chi connectivity index (χ3n) is 3.16. The molecule has 0 saturated carbocycles. The zero-order valence-electron chi connectivity index (χ0n) is 11.9. The van der Waals surface area contributed by atoms with E-state index in [1.54, 1.807) is 12.4 Å². The summed E-state index contributed by atoms with van der Waals surface area (Å²) in [5.41, 5.74) is 7.79. The number of hydrogen-bond donors (Lipinski definition) is 1. The second-order valence-electron chi connectivity index (χ2n) is 5.15. The highest BCUT2D eigenvalue weighted by Crippen LogP contribution is 2.23. The Morgan fingerprint density at radius 3 is 2.81 bits per heavy atom. The topological polar surface area (TPSA) is 61.0 Å². The summed E-state index contributed by atoms with van der Waals surface area (Å²) in [6, 6.07) is 13.7. The van der Waals surface area contributed by atoms with Crippen molar-refractivity contribution < 1.29 is 4.74 Å². The Morgan fingerprint density at radius 1 is 1.14 bits per heavy atom. The molecule has 1 atom stereocenters. The van der Waals surface area contributed by atoms with Gasteiger partial charge in [0.2, 0.25) is 5.88 Å². The zero-order chi connectivity index (χ0) is 14.7. The van der Waals surface area contributed by atoms with Crippen molar-refractivity contribution in [3.63, 3.8) is 0 Å². The third-order valence-corrected chi connectivity index (χ3v) is 3.16. The highest BCUT2D eigenvalue weighted by Gasteiger charge is 2.03. The molecule has 0 fully saturated rings. The molecule has 21 heavy (non-hydrogen) atoms. The van der Waals surface area contributed by atoms with Gasteiger partial charge in [-0.2, -0.15) is 0 Å². The van der Waals surface area contributed by atoms with Crippen LogP contribution in [-0.2, 0) is 6.42 Å². The van der Waals surface area contributed by atoms with Crippen molar-refractivity contribution in [2.24, 2.45) is 5.73 Å². The van der Waals surface area contributed by atoms with Gasteiger partial charge in [0.25, 0.3) is 0 Å². The molecular formula is C17H17N3O. The molecule has 0 saturated heterocycles. The Kier molecular flexibility index (Phi) is 3.79. The van der Waals surface area contributed by atoms with Crippen molar-refractivity contribution in [3.8, 4) is 11.6 Å². The van der Waals surface area contributed by atoms with Gasteiger partial charge in [0.1, 0.15) is 5.75 Å². The second-order valence-corrected chi connectivity index (χ2v) is 5.15. The number of hydrogen-bond acceptors (Lipinski definition) is 4. The Morgan fingerprint density at radius 2 is 2.05 bits per heavy atom. The molecule has 0 bridgehead atoms. The van der Waals surface area contributed by atoms with Crippen molar-refractivity contribution in [2.45, 2.75) is 19.4 Å². The summed E-state index contributed by atoms with van der Waals surface area (Å²) in [7, 11) is 0. The summed E-state index contributed by atoms with van der Waals surface area (Å²) in [6.07, 6.45) is 4.39. The summed E-state index contributed by atoms with van der Waals surface area (Å²) in [5, 5.41) is 1.09. The smallest absolute Gasteiger partial charge is 0.219 e. The standard InChI is InChI=1S/C17H17N3O/c1-12(18)9-13-4-7-17(20-11-13)21-15-6-5-14-3-2-8-19-16(14)10-15/h2-8,10-12H,9,18H2,1H3. The molecule has 0 radical (unpaired) electrons. The average Bonchev–Trinajstić information content (AvgIpc) is 2.49.